The molecule has 2 heterocycles. The van der Waals surface area contributed by atoms with Crippen LogP contribution in [0.5, 0.6) is 11.5 Å². The summed E-state index contributed by atoms with van der Waals surface area (Å²) in [6.07, 6.45) is 2.06. The zero-order valence-electron chi connectivity index (χ0n) is 19.4. The number of halogens is 1. The number of rotatable bonds is 4. The van der Waals surface area contributed by atoms with Crippen LogP contribution in [0.4, 0.5) is 5.69 Å². The summed E-state index contributed by atoms with van der Waals surface area (Å²) in [5, 5.41) is 3.40. The number of likely N-dealkylation sites (tertiary alicyclic amines) is 1. The molecule has 0 saturated carbocycles. The lowest BCUT2D eigenvalue weighted by Crippen LogP contribution is -2.42. The molecule has 0 aromatic heterocycles. The van der Waals surface area contributed by atoms with Gasteiger partial charge in [0.05, 0.1) is 24.7 Å². The van der Waals surface area contributed by atoms with Crippen LogP contribution >= 0.6 is 11.6 Å². The van der Waals surface area contributed by atoms with E-state index >= 15 is 0 Å². The molecular formula is C26H31ClN2O4. The van der Waals surface area contributed by atoms with Crippen molar-refractivity contribution in [1.29, 1.82) is 0 Å². The predicted molar refractivity (Wildman–Crippen MR) is 129 cm³/mol. The van der Waals surface area contributed by atoms with E-state index in [-0.39, 0.29) is 18.2 Å². The molecule has 2 amide bonds. The number of benzene rings is 2. The van der Waals surface area contributed by atoms with Crippen LogP contribution < -0.4 is 14.8 Å². The van der Waals surface area contributed by atoms with E-state index in [9.17, 15) is 9.59 Å². The number of hydrogen-bond acceptors (Lipinski definition) is 4. The fourth-order valence-electron chi connectivity index (χ4n) is 4.67. The molecule has 2 aromatic rings. The first-order chi connectivity index (χ1) is 15.8. The third kappa shape index (κ3) is 5.61. The summed E-state index contributed by atoms with van der Waals surface area (Å²) < 4.78 is 11.4. The highest BCUT2D eigenvalue weighted by atomic mass is 35.5. The maximum Gasteiger partial charge on any atom is 0.253 e. The maximum atomic E-state index is 13.1. The topological polar surface area (TPSA) is 67.9 Å². The molecule has 176 valence electrons. The smallest absolute Gasteiger partial charge is 0.253 e. The summed E-state index contributed by atoms with van der Waals surface area (Å²) in [5.74, 6) is 1.90. The van der Waals surface area contributed by atoms with Crippen molar-refractivity contribution >= 4 is 29.1 Å². The van der Waals surface area contributed by atoms with Crippen molar-refractivity contribution in [3.8, 4) is 11.5 Å². The van der Waals surface area contributed by atoms with E-state index in [1.54, 1.807) is 18.2 Å². The Kier molecular flexibility index (Phi) is 7.13. The molecule has 2 aliphatic heterocycles. The van der Waals surface area contributed by atoms with Crippen molar-refractivity contribution in [2.45, 2.75) is 40.0 Å². The van der Waals surface area contributed by atoms with Gasteiger partial charge in [0, 0.05) is 30.8 Å². The summed E-state index contributed by atoms with van der Waals surface area (Å²) >= 11 is 6.36. The first-order valence-corrected chi connectivity index (χ1v) is 12.0. The molecular weight excluding hydrogens is 440 g/mol. The minimum atomic E-state index is -0.187. The monoisotopic (exact) mass is 470 g/mol. The first kappa shape index (κ1) is 23.4. The highest BCUT2D eigenvalue weighted by Crippen LogP contribution is 2.38. The van der Waals surface area contributed by atoms with Crippen LogP contribution in [0.3, 0.4) is 0 Å². The highest BCUT2D eigenvalue weighted by molar-refractivity contribution is 6.32. The van der Waals surface area contributed by atoms with Gasteiger partial charge in [-0.2, -0.15) is 0 Å². The number of anilines is 1. The Morgan fingerprint density at radius 1 is 1.09 bits per heavy atom. The predicted octanol–water partition coefficient (Wildman–Crippen LogP) is 5.11. The fourth-order valence-corrected chi connectivity index (χ4v) is 4.95. The number of nitrogens with zero attached hydrogens (tertiary/aromatic N) is 1. The van der Waals surface area contributed by atoms with Gasteiger partial charge in [0.15, 0.2) is 11.5 Å². The van der Waals surface area contributed by atoms with Crippen molar-refractivity contribution in [1.82, 2.24) is 4.90 Å². The quantitative estimate of drug-likeness (QED) is 0.674. The number of hydrogen-bond donors (Lipinski definition) is 1. The molecule has 2 atom stereocenters. The standard InChI is InChI=1S/C26H31ClN2O4/c1-16-9-17(2)15-29(14-16)26(31)20-6-5-18(3)22(13-20)28-24(30)12-19-10-21(27)25-23(11-19)32-7-4-8-33-25/h5-6,10-11,13,16-17H,4,7-9,12,14-15H2,1-3H3,(H,28,30). The molecule has 0 bridgehead atoms. The third-order valence-electron chi connectivity index (χ3n) is 6.14. The number of ether oxygens (including phenoxy) is 2. The van der Waals surface area contributed by atoms with Gasteiger partial charge in [-0.05, 0) is 60.6 Å². The number of carbonyl (C=O) groups is 2. The molecule has 2 aromatic carbocycles. The Balaban J connectivity index is 1.47. The number of carbonyl (C=O) groups excluding carboxylic acids is 2. The highest BCUT2D eigenvalue weighted by Gasteiger charge is 2.26. The van der Waals surface area contributed by atoms with E-state index < -0.39 is 0 Å². The summed E-state index contributed by atoms with van der Waals surface area (Å²) in [4.78, 5) is 27.9. The van der Waals surface area contributed by atoms with Crippen LogP contribution in [-0.4, -0.2) is 43.0 Å². The Morgan fingerprint density at radius 3 is 2.58 bits per heavy atom. The van der Waals surface area contributed by atoms with Gasteiger partial charge in [0.2, 0.25) is 5.91 Å². The van der Waals surface area contributed by atoms with Gasteiger partial charge in [-0.1, -0.05) is 31.5 Å². The second-order valence-electron chi connectivity index (χ2n) is 9.37. The average Bonchev–Trinajstić information content (AvgIpc) is 3.00. The van der Waals surface area contributed by atoms with Crippen molar-refractivity contribution in [2.75, 3.05) is 31.6 Å². The number of aryl methyl sites for hydroxylation is 1. The van der Waals surface area contributed by atoms with E-state index in [0.717, 1.165) is 37.1 Å². The lowest BCUT2D eigenvalue weighted by atomic mass is 9.91. The van der Waals surface area contributed by atoms with E-state index in [2.05, 4.69) is 19.2 Å². The molecule has 4 rings (SSSR count). The second-order valence-corrected chi connectivity index (χ2v) is 9.77. The maximum absolute atomic E-state index is 13.1. The molecule has 33 heavy (non-hydrogen) atoms. The average molecular weight is 471 g/mol. The van der Waals surface area contributed by atoms with E-state index in [0.29, 0.717) is 52.8 Å². The molecule has 0 radical (unpaired) electrons. The largest absolute Gasteiger partial charge is 0.489 e. The summed E-state index contributed by atoms with van der Waals surface area (Å²) in [5.41, 5.74) is 2.88. The van der Waals surface area contributed by atoms with Crippen molar-refractivity contribution in [2.24, 2.45) is 11.8 Å². The Labute approximate surface area is 200 Å². The molecule has 7 heteroatoms. The van der Waals surface area contributed by atoms with Crippen molar-refractivity contribution in [3.63, 3.8) is 0 Å². The van der Waals surface area contributed by atoms with E-state index in [1.807, 2.05) is 24.0 Å². The fraction of sp³-hybridized carbons (Fsp3) is 0.462. The Morgan fingerprint density at radius 2 is 1.82 bits per heavy atom. The van der Waals surface area contributed by atoms with Gasteiger partial charge in [0.25, 0.3) is 5.91 Å². The second kappa shape index (κ2) is 10.0. The molecule has 0 spiro atoms. The number of piperidine rings is 1. The summed E-state index contributed by atoms with van der Waals surface area (Å²) in [6, 6.07) is 9.03. The van der Waals surface area contributed by atoms with E-state index in [1.165, 1.54) is 0 Å². The molecule has 2 unspecified atom stereocenters. The Hall–Kier alpha value is -2.73. The zero-order chi connectivity index (χ0) is 23.5. The SMILES string of the molecule is Cc1ccc(C(=O)N2CC(C)CC(C)C2)cc1NC(=O)Cc1cc(Cl)c2c(c1)OCCCO2. The van der Waals surface area contributed by atoms with Gasteiger partial charge in [0.1, 0.15) is 0 Å². The van der Waals surface area contributed by atoms with Gasteiger partial charge >= 0.3 is 0 Å². The summed E-state index contributed by atoms with van der Waals surface area (Å²) in [7, 11) is 0. The zero-order valence-corrected chi connectivity index (χ0v) is 20.2. The molecule has 1 fully saturated rings. The number of amides is 2. The first-order valence-electron chi connectivity index (χ1n) is 11.6. The van der Waals surface area contributed by atoms with Crippen LogP contribution in [0, 0.1) is 18.8 Å². The molecule has 6 nitrogen and oxygen atoms in total. The molecule has 1 saturated heterocycles. The molecule has 1 N–H and O–H groups in total. The van der Waals surface area contributed by atoms with E-state index in [4.69, 9.17) is 21.1 Å². The number of fused-ring (bicyclic) bond motifs is 1. The van der Waals surface area contributed by atoms with Crippen LogP contribution in [0.1, 0.15) is 48.2 Å². The van der Waals surface area contributed by atoms with Gasteiger partial charge in [-0.3, -0.25) is 9.59 Å². The van der Waals surface area contributed by atoms with Gasteiger partial charge in [-0.25, -0.2) is 0 Å². The third-order valence-corrected chi connectivity index (χ3v) is 6.42. The number of nitrogens with one attached hydrogen (secondary N) is 1. The summed E-state index contributed by atoms with van der Waals surface area (Å²) in [6.45, 7) is 8.92. The Bertz CT molecular complexity index is 1040. The molecule has 0 aliphatic carbocycles. The van der Waals surface area contributed by atoms with Gasteiger partial charge < -0.3 is 19.7 Å². The van der Waals surface area contributed by atoms with Crippen LogP contribution in [0.2, 0.25) is 5.02 Å². The molecule has 2 aliphatic rings. The lowest BCUT2D eigenvalue weighted by molar-refractivity contribution is -0.115. The normalized spacial score (nSPS) is 20.2. The minimum absolute atomic E-state index is 0.0126. The van der Waals surface area contributed by atoms with Crippen LogP contribution in [-0.2, 0) is 11.2 Å². The van der Waals surface area contributed by atoms with Crippen molar-refractivity contribution in [3.05, 3.63) is 52.0 Å². The van der Waals surface area contributed by atoms with Crippen LogP contribution in [0.15, 0.2) is 30.3 Å². The lowest BCUT2D eigenvalue weighted by Gasteiger charge is -2.35. The van der Waals surface area contributed by atoms with Crippen molar-refractivity contribution < 1.29 is 19.1 Å². The van der Waals surface area contributed by atoms with Crippen LogP contribution in [0.25, 0.3) is 0 Å². The van der Waals surface area contributed by atoms with Gasteiger partial charge in [-0.15, -0.1) is 0 Å². The minimum Gasteiger partial charge on any atom is -0.489 e.